The lowest BCUT2D eigenvalue weighted by atomic mass is 10.1. The van der Waals surface area contributed by atoms with Crippen LogP contribution in [-0.2, 0) is 6.61 Å². The van der Waals surface area contributed by atoms with Crippen LogP contribution in [0, 0.1) is 0 Å². The molecule has 2 aromatic rings. The molecule has 2 rings (SSSR count). The van der Waals surface area contributed by atoms with Crippen LogP contribution in [0.2, 0.25) is 0 Å². The molecule has 0 saturated heterocycles. The number of ether oxygens (including phenoxy) is 3. The molecule has 0 aromatic heterocycles. The molecule has 0 fully saturated rings. The van der Waals surface area contributed by atoms with Crippen LogP contribution in [0.3, 0.4) is 0 Å². The van der Waals surface area contributed by atoms with Gasteiger partial charge in [-0.15, -0.1) is 0 Å². The molecule has 0 bridgehead atoms. The quantitative estimate of drug-likeness (QED) is 0.731. The summed E-state index contributed by atoms with van der Waals surface area (Å²) >= 11 is 0. The summed E-state index contributed by atoms with van der Waals surface area (Å²) in [4.78, 5) is 12.4. The van der Waals surface area contributed by atoms with Gasteiger partial charge >= 0.3 is 0 Å². The summed E-state index contributed by atoms with van der Waals surface area (Å²) in [6.45, 7) is 4.41. The van der Waals surface area contributed by atoms with E-state index in [1.807, 2.05) is 37.3 Å². The fourth-order valence-electron chi connectivity index (χ4n) is 2.70. The van der Waals surface area contributed by atoms with Crippen molar-refractivity contribution < 1.29 is 19.0 Å². The summed E-state index contributed by atoms with van der Waals surface area (Å²) in [6, 6.07) is 12.9. The van der Waals surface area contributed by atoms with Gasteiger partial charge in [0.2, 0.25) is 0 Å². The van der Waals surface area contributed by atoms with Crippen molar-refractivity contribution in [1.82, 2.24) is 5.32 Å². The van der Waals surface area contributed by atoms with Crippen molar-refractivity contribution in [3.63, 3.8) is 0 Å². The van der Waals surface area contributed by atoms with Gasteiger partial charge in [-0.1, -0.05) is 19.4 Å². The number of benzene rings is 2. The predicted octanol–water partition coefficient (Wildman–Crippen LogP) is 4.20. The minimum absolute atomic E-state index is 0.0868. The minimum Gasteiger partial charge on any atom is -0.497 e. The van der Waals surface area contributed by atoms with Gasteiger partial charge in [0.25, 0.3) is 5.91 Å². The lowest BCUT2D eigenvalue weighted by Crippen LogP contribution is -2.32. The van der Waals surface area contributed by atoms with Crippen molar-refractivity contribution >= 4 is 5.91 Å². The Labute approximate surface area is 155 Å². The highest BCUT2D eigenvalue weighted by molar-refractivity contribution is 5.94. The smallest absolute Gasteiger partial charge is 0.251 e. The molecule has 0 heterocycles. The molecule has 0 saturated carbocycles. The average molecular weight is 357 g/mol. The zero-order valence-corrected chi connectivity index (χ0v) is 15.9. The number of hydrogen-bond donors (Lipinski definition) is 1. The Morgan fingerprint density at radius 3 is 2.54 bits per heavy atom. The number of carbonyl (C=O) groups excluding carboxylic acids is 1. The highest BCUT2D eigenvalue weighted by Gasteiger charge is 2.13. The molecule has 0 unspecified atom stereocenters. The van der Waals surface area contributed by atoms with Crippen LogP contribution < -0.4 is 19.5 Å². The van der Waals surface area contributed by atoms with E-state index >= 15 is 0 Å². The van der Waals surface area contributed by atoms with Gasteiger partial charge in [0.1, 0.15) is 23.9 Å². The SMILES string of the molecule is CCC[C@@H](C)NC(=O)c1ccc(OC)c(COc2cccc(OC)c2)c1. The van der Waals surface area contributed by atoms with Crippen molar-refractivity contribution in [2.75, 3.05) is 14.2 Å². The van der Waals surface area contributed by atoms with E-state index < -0.39 is 0 Å². The first-order chi connectivity index (χ1) is 12.6. The van der Waals surface area contributed by atoms with Crippen molar-refractivity contribution in [2.24, 2.45) is 0 Å². The maximum Gasteiger partial charge on any atom is 0.251 e. The second-order valence-electron chi connectivity index (χ2n) is 6.16. The summed E-state index contributed by atoms with van der Waals surface area (Å²) in [5, 5.41) is 3.01. The second-order valence-corrected chi connectivity index (χ2v) is 6.16. The second kappa shape index (κ2) is 9.70. The molecule has 0 aliphatic heterocycles. The van der Waals surface area contributed by atoms with Gasteiger partial charge in [0, 0.05) is 23.2 Å². The van der Waals surface area contributed by atoms with E-state index in [4.69, 9.17) is 14.2 Å². The van der Waals surface area contributed by atoms with Gasteiger partial charge in [-0.25, -0.2) is 0 Å². The lowest BCUT2D eigenvalue weighted by Gasteiger charge is -2.15. The van der Waals surface area contributed by atoms with Crippen LogP contribution in [0.25, 0.3) is 0 Å². The molecular weight excluding hydrogens is 330 g/mol. The van der Waals surface area contributed by atoms with E-state index in [1.54, 1.807) is 26.4 Å². The summed E-state index contributed by atoms with van der Waals surface area (Å²) in [5.74, 6) is 2.02. The van der Waals surface area contributed by atoms with Gasteiger partial charge in [-0.3, -0.25) is 4.79 Å². The van der Waals surface area contributed by atoms with Crippen molar-refractivity contribution in [2.45, 2.75) is 39.3 Å². The molecule has 26 heavy (non-hydrogen) atoms. The van der Waals surface area contributed by atoms with E-state index in [1.165, 1.54) is 0 Å². The van der Waals surface area contributed by atoms with Gasteiger partial charge in [0.15, 0.2) is 0 Å². The van der Waals surface area contributed by atoms with Crippen LogP contribution >= 0.6 is 0 Å². The number of methoxy groups -OCH3 is 2. The minimum atomic E-state index is -0.0868. The molecule has 5 nitrogen and oxygen atoms in total. The zero-order valence-electron chi connectivity index (χ0n) is 15.9. The van der Waals surface area contributed by atoms with E-state index in [-0.39, 0.29) is 11.9 Å². The molecule has 0 aliphatic rings. The van der Waals surface area contributed by atoms with E-state index in [2.05, 4.69) is 12.2 Å². The first-order valence-electron chi connectivity index (χ1n) is 8.82. The maximum absolute atomic E-state index is 12.4. The first kappa shape index (κ1) is 19.6. The molecule has 1 amide bonds. The van der Waals surface area contributed by atoms with E-state index in [9.17, 15) is 4.79 Å². The van der Waals surface area contributed by atoms with Crippen LogP contribution in [0.15, 0.2) is 42.5 Å². The number of hydrogen-bond acceptors (Lipinski definition) is 4. The third kappa shape index (κ3) is 5.41. The third-order valence-electron chi connectivity index (χ3n) is 4.08. The standard InChI is InChI=1S/C21H27NO4/c1-5-7-15(2)22-21(23)16-10-11-20(25-4)17(12-16)14-26-19-9-6-8-18(13-19)24-3/h6,8-13,15H,5,7,14H2,1-4H3,(H,22,23)/t15-/m1/s1. The van der Waals surface area contributed by atoms with Crippen LogP contribution in [-0.4, -0.2) is 26.2 Å². The fourth-order valence-corrected chi connectivity index (χ4v) is 2.70. The molecule has 5 heteroatoms. The van der Waals surface area contributed by atoms with Gasteiger partial charge in [-0.05, 0) is 43.7 Å². The molecule has 1 N–H and O–H groups in total. The molecular formula is C21H27NO4. The molecule has 0 radical (unpaired) electrons. The monoisotopic (exact) mass is 357 g/mol. The summed E-state index contributed by atoms with van der Waals surface area (Å²) in [6.07, 6.45) is 1.98. The number of amides is 1. The largest absolute Gasteiger partial charge is 0.497 e. The Morgan fingerprint density at radius 2 is 1.85 bits per heavy atom. The first-order valence-corrected chi connectivity index (χ1v) is 8.82. The Balaban J connectivity index is 2.12. The topological polar surface area (TPSA) is 56.8 Å². The van der Waals surface area contributed by atoms with Gasteiger partial charge in [0.05, 0.1) is 14.2 Å². The lowest BCUT2D eigenvalue weighted by molar-refractivity contribution is 0.0938. The predicted molar refractivity (Wildman–Crippen MR) is 102 cm³/mol. The Kier molecular flexibility index (Phi) is 7.33. The van der Waals surface area contributed by atoms with Crippen molar-refractivity contribution in [3.05, 3.63) is 53.6 Å². The highest BCUT2D eigenvalue weighted by Crippen LogP contribution is 2.24. The molecule has 1 atom stereocenters. The number of rotatable bonds is 9. The van der Waals surface area contributed by atoms with Gasteiger partial charge in [-0.2, -0.15) is 0 Å². The van der Waals surface area contributed by atoms with Crippen LogP contribution in [0.4, 0.5) is 0 Å². The van der Waals surface area contributed by atoms with Crippen LogP contribution in [0.1, 0.15) is 42.6 Å². The molecule has 0 spiro atoms. The van der Waals surface area contributed by atoms with Crippen LogP contribution in [0.5, 0.6) is 17.2 Å². The van der Waals surface area contributed by atoms with E-state index in [0.29, 0.717) is 23.7 Å². The Bertz CT molecular complexity index is 730. The highest BCUT2D eigenvalue weighted by atomic mass is 16.5. The maximum atomic E-state index is 12.4. The zero-order chi connectivity index (χ0) is 18.9. The molecule has 140 valence electrons. The molecule has 2 aromatic carbocycles. The fraction of sp³-hybridized carbons (Fsp3) is 0.381. The number of nitrogens with one attached hydrogen (secondary N) is 1. The van der Waals surface area contributed by atoms with Crippen molar-refractivity contribution in [1.29, 1.82) is 0 Å². The van der Waals surface area contributed by atoms with Gasteiger partial charge < -0.3 is 19.5 Å². The average Bonchev–Trinajstić information content (AvgIpc) is 2.66. The summed E-state index contributed by atoms with van der Waals surface area (Å²) in [7, 11) is 3.22. The Morgan fingerprint density at radius 1 is 1.08 bits per heavy atom. The Hall–Kier alpha value is -2.69. The van der Waals surface area contributed by atoms with E-state index in [0.717, 1.165) is 24.2 Å². The van der Waals surface area contributed by atoms with Crippen molar-refractivity contribution in [3.8, 4) is 17.2 Å². The summed E-state index contributed by atoms with van der Waals surface area (Å²) in [5.41, 5.74) is 1.41. The summed E-state index contributed by atoms with van der Waals surface area (Å²) < 4.78 is 16.4. The number of carbonyl (C=O) groups is 1. The normalized spacial score (nSPS) is 11.5. The molecule has 0 aliphatic carbocycles. The third-order valence-corrected chi connectivity index (χ3v) is 4.08.